The van der Waals surface area contributed by atoms with Gasteiger partial charge in [-0.25, -0.2) is 4.98 Å². The Kier molecular flexibility index (Phi) is 2.76. The Balaban J connectivity index is 2.36. The zero-order chi connectivity index (χ0) is 11.1. The Bertz CT molecular complexity index is 438. The molecule has 1 aromatic rings. The second kappa shape index (κ2) is 3.79. The van der Waals surface area contributed by atoms with Crippen LogP contribution < -0.4 is 0 Å². The lowest BCUT2D eigenvalue weighted by atomic mass is 10.2. The van der Waals surface area contributed by atoms with Gasteiger partial charge in [-0.3, -0.25) is 0 Å². The summed E-state index contributed by atoms with van der Waals surface area (Å²) in [6, 6.07) is 0. The molecule has 82 valence electrons. The van der Waals surface area contributed by atoms with Gasteiger partial charge in [-0.15, -0.1) is 0 Å². The third-order valence-electron chi connectivity index (χ3n) is 2.01. The fraction of sp³-hybridized carbons (Fsp3) is 0.500. The van der Waals surface area contributed by atoms with Gasteiger partial charge in [0.15, 0.2) is 0 Å². The average Bonchev–Trinajstić information content (AvgIpc) is 2.48. The average molecular weight is 252 g/mol. The molecule has 0 unspecified atom stereocenters. The second-order valence-electron chi connectivity index (χ2n) is 3.23. The molecule has 0 aromatic carbocycles. The smallest absolute Gasteiger partial charge is 0.346 e. The van der Waals surface area contributed by atoms with E-state index in [4.69, 9.17) is 12.2 Å². The van der Waals surface area contributed by atoms with Gasteiger partial charge < -0.3 is 4.98 Å². The van der Waals surface area contributed by atoms with Crippen LogP contribution in [-0.2, 0) is 17.9 Å². The van der Waals surface area contributed by atoms with Crippen molar-refractivity contribution in [2.75, 3.05) is 0 Å². The molecule has 0 spiro atoms. The molecule has 1 aliphatic heterocycles. The molecular formula is C8H7F3N2S2. The van der Waals surface area contributed by atoms with Gasteiger partial charge in [0, 0.05) is 22.8 Å². The first-order valence-electron chi connectivity index (χ1n) is 4.21. The van der Waals surface area contributed by atoms with Crippen molar-refractivity contribution in [1.82, 2.24) is 9.97 Å². The number of rotatable bonds is 1. The van der Waals surface area contributed by atoms with E-state index in [1.807, 2.05) is 0 Å². The Hall–Kier alpha value is -0.560. The van der Waals surface area contributed by atoms with Gasteiger partial charge in [0.05, 0.1) is 0 Å². The van der Waals surface area contributed by atoms with E-state index in [0.29, 0.717) is 10.4 Å². The Morgan fingerprint density at radius 3 is 2.80 bits per heavy atom. The highest BCUT2D eigenvalue weighted by Crippen LogP contribution is 2.29. The van der Waals surface area contributed by atoms with Crippen molar-refractivity contribution in [2.24, 2.45) is 0 Å². The number of H-pyrrole nitrogens is 1. The van der Waals surface area contributed by atoms with Crippen molar-refractivity contribution in [3.8, 4) is 0 Å². The monoisotopic (exact) mass is 252 g/mol. The molecule has 2 rings (SSSR count). The van der Waals surface area contributed by atoms with Crippen LogP contribution in [0.3, 0.4) is 0 Å². The molecule has 2 nitrogen and oxygen atoms in total. The van der Waals surface area contributed by atoms with Gasteiger partial charge in [-0.1, -0.05) is 12.2 Å². The van der Waals surface area contributed by atoms with E-state index in [0.717, 1.165) is 17.0 Å². The topological polar surface area (TPSA) is 28.7 Å². The van der Waals surface area contributed by atoms with Crippen LogP contribution in [0.15, 0.2) is 0 Å². The summed E-state index contributed by atoms with van der Waals surface area (Å²) in [7, 11) is 0. The molecule has 15 heavy (non-hydrogen) atoms. The van der Waals surface area contributed by atoms with Crippen LogP contribution >= 0.6 is 24.0 Å². The van der Waals surface area contributed by atoms with Crippen LogP contribution in [0.5, 0.6) is 0 Å². The third kappa shape index (κ3) is 2.52. The molecule has 0 aliphatic carbocycles. The zero-order valence-corrected chi connectivity index (χ0v) is 9.15. The van der Waals surface area contributed by atoms with E-state index in [2.05, 4.69) is 9.97 Å². The number of aromatic amines is 1. The summed E-state index contributed by atoms with van der Waals surface area (Å²) in [5, 5.41) is 0. The number of alkyl halides is 3. The summed E-state index contributed by atoms with van der Waals surface area (Å²) >= 11 is 6.57. The second-order valence-corrected chi connectivity index (χ2v) is 4.60. The molecule has 0 radical (unpaired) electrons. The van der Waals surface area contributed by atoms with Gasteiger partial charge >= 0.3 is 6.18 Å². The van der Waals surface area contributed by atoms with E-state index < -0.39 is 12.6 Å². The summed E-state index contributed by atoms with van der Waals surface area (Å²) in [5.41, 5.74) is 1.67. The number of hydrogen-bond acceptors (Lipinski definition) is 3. The molecule has 0 atom stereocenters. The number of hydrogen-bond donors (Lipinski definition) is 1. The number of aromatic nitrogens is 2. The molecule has 0 fully saturated rings. The summed E-state index contributed by atoms with van der Waals surface area (Å²) < 4.78 is 36.7. The molecule has 0 saturated carbocycles. The third-order valence-corrected chi connectivity index (χ3v) is 3.34. The molecule has 2 heterocycles. The minimum Gasteiger partial charge on any atom is -0.346 e. The highest BCUT2D eigenvalue weighted by Gasteiger charge is 2.29. The van der Waals surface area contributed by atoms with E-state index in [1.54, 1.807) is 11.8 Å². The lowest BCUT2D eigenvalue weighted by Crippen LogP contribution is -2.15. The van der Waals surface area contributed by atoms with E-state index in [9.17, 15) is 13.2 Å². The highest BCUT2D eigenvalue weighted by molar-refractivity contribution is 7.98. The quantitative estimate of drug-likeness (QED) is 0.779. The Morgan fingerprint density at radius 1 is 1.40 bits per heavy atom. The molecule has 0 bridgehead atoms. The summed E-state index contributed by atoms with van der Waals surface area (Å²) in [4.78, 5) is 6.46. The first kappa shape index (κ1) is 10.9. The Labute approximate surface area is 93.3 Å². The first-order chi connectivity index (χ1) is 6.96. The first-order valence-corrected chi connectivity index (χ1v) is 5.77. The predicted molar refractivity (Wildman–Crippen MR) is 54.2 cm³/mol. The number of halogens is 3. The van der Waals surface area contributed by atoms with Crippen molar-refractivity contribution in [2.45, 2.75) is 24.1 Å². The Morgan fingerprint density at radius 2 is 2.13 bits per heavy atom. The van der Waals surface area contributed by atoms with Crippen LogP contribution in [0, 0.1) is 4.64 Å². The van der Waals surface area contributed by atoms with Crippen LogP contribution in [0.25, 0.3) is 0 Å². The van der Waals surface area contributed by atoms with E-state index >= 15 is 0 Å². The molecule has 7 heteroatoms. The minimum atomic E-state index is -4.24. The lowest BCUT2D eigenvalue weighted by molar-refractivity contribution is -0.128. The minimum absolute atomic E-state index is 0.0891. The summed E-state index contributed by atoms with van der Waals surface area (Å²) in [5.74, 6) is 1.34. The van der Waals surface area contributed by atoms with Gasteiger partial charge in [-0.05, 0) is 0 Å². The van der Waals surface area contributed by atoms with Crippen LogP contribution in [0.4, 0.5) is 13.2 Å². The largest absolute Gasteiger partial charge is 0.396 e. The molecule has 1 N–H and O–H groups in total. The highest BCUT2D eigenvalue weighted by atomic mass is 32.2. The standard InChI is InChI=1S/C8H7F3N2S2/c9-8(10,11)1-6-12-5-3-15-2-4(5)7(14)13-6/h1-3H2,(H,12,13,14). The number of thioether (sulfide) groups is 1. The van der Waals surface area contributed by atoms with Gasteiger partial charge in [0.25, 0.3) is 0 Å². The maximum absolute atomic E-state index is 12.1. The van der Waals surface area contributed by atoms with E-state index in [-0.39, 0.29) is 5.82 Å². The lowest BCUT2D eigenvalue weighted by Gasteiger charge is -2.07. The van der Waals surface area contributed by atoms with Crippen molar-refractivity contribution in [3.63, 3.8) is 0 Å². The maximum atomic E-state index is 12.1. The van der Waals surface area contributed by atoms with Crippen LogP contribution in [0.1, 0.15) is 17.1 Å². The number of fused-ring (bicyclic) bond motifs is 1. The SMILES string of the molecule is FC(F)(F)Cc1nc(=S)c2c([nH]1)CSC2. The van der Waals surface area contributed by atoms with Gasteiger partial charge in [0.2, 0.25) is 0 Å². The predicted octanol–water partition coefficient (Wildman–Crippen LogP) is 2.99. The van der Waals surface area contributed by atoms with E-state index in [1.165, 1.54) is 0 Å². The summed E-state index contributed by atoms with van der Waals surface area (Å²) in [6.45, 7) is 0. The number of nitrogens with zero attached hydrogens (tertiary/aromatic N) is 1. The fourth-order valence-electron chi connectivity index (χ4n) is 1.40. The normalized spacial score (nSPS) is 15.4. The number of nitrogens with one attached hydrogen (secondary N) is 1. The molecule has 0 amide bonds. The summed E-state index contributed by atoms with van der Waals surface area (Å²) in [6.07, 6.45) is -5.29. The van der Waals surface area contributed by atoms with Crippen molar-refractivity contribution < 1.29 is 13.2 Å². The van der Waals surface area contributed by atoms with Crippen LogP contribution in [0.2, 0.25) is 0 Å². The van der Waals surface area contributed by atoms with Crippen molar-refractivity contribution in [3.05, 3.63) is 21.7 Å². The zero-order valence-electron chi connectivity index (χ0n) is 7.52. The van der Waals surface area contributed by atoms with Gasteiger partial charge in [-0.2, -0.15) is 24.9 Å². The molecule has 1 aliphatic rings. The van der Waals surface area contributed by atoms with Crippen molar-refractivity contribution in [1.29, 1.82) is 0 Å². The van der Waals surface area contributed by atoms with Crippen molar-refractivity contribution >= 4 is 24.0 Å². The molecular weight excluding hydrogens is 245 g/mol. The maximum Gasteiger partial charge on any atom is 0.396 e. The molecule has 0 saturated heterocycles. The fourth-order valence-corrected chi connectivity index (χ4v) is 2.86. The molecule has 1 aromatic heterocycles. The van der Waals surface area contributed by atoms with Crippen LogP contribution in [-0.4, -0.2) is 16.1 Å². The van der Waals surface area contributed by atoms with Gasteiger partial charge in [0.1, 0.15) is 16.9 Å².